The molecule has 0 fully saturated rings. The first-order chi connectivity index (χ1) is 7.24. The van der Waals surface area contributed by atoms with E-state index in [1.807, 2.05) is 26.0 Å². The molecule has 1 aromatic rings. The topological polar surface area (TPSA) is 37.3 Å². The van der Waals surface area contributed by atoms with Crippen molar-refractivity contribution in [1.82, 2.24) is 10.3 Å². The van der Waals surface area contributed by atoms with Crippen LogP contribution in [0.4, 0.5) is 0 Å². The van der Waals surface area contributed by atoms with Crippen molar-refractivity contribution in [1.29, 1.82) is 0 Å². The zero-order chi connectivity index (χ0) is 10.7. The summed E-state index contributed by atoms with van der Waals surface area (Å²) in [5.74, 6) is 7.25. The van der Waals surface area contributed by atoms with E-state index >= 15 is 0 Å². The van der Waals surface area contributed by atoms with Crippen molar-refractivity contribution in [2.45, 2.75) is 19.9 Å². The van der Waals surface area contributed by atoms with Crippen LogP contribution in [0, 0.1) is 18.8 Å². The number of rotatable bonds is 0. The van der Waals surface area contributed by atoms with Crippen molar-refractivity contribution in [2.24, 2.45) is 4.99 Å². The molecule has 0 saturated carbocycles. The molecule has 2 heterocycles. The second kappa shape index (κ2) is 4.14. The van der Waals surface area contributed by atoms with Crippen LogP contribution in [-0.2, 0) is 0 Å². The van der Waals surface area contributed by atoms with Gasteiger partial charge in [-0.25, -0.2) is 0 Å². The van der Waals surface area contributed by atoms with E-state index < -0.39 is 0 Å². The van der Waals surface area contributed by atoms with Crippen LogP contribution in [0.3, 0.4) is 0 Å². The molecule has 0 saturated heterocycles. The van der Waals surface area contributed by atoms with E-state index in [0.29, 0.717) is 0 Å². The van der Waals surface area contributed by atoms with Gasteiger partial charge in [-0.3, -0.25) is 9.98 Å². The maximum atomic E-state index is 4.24. The SMILES string of the molecule is CC1=NCC(C#Cc2ccnc(C)c2)N1. The van der Waals surface area contributed by atoms with Gasteiger partial charge < -0.3 is 5.32 Å². The third kappa shape index (κ3) is 2.57. The zero-order valence-corrected chi connectivity index (χ0v) is 8.91. The Morgan fingerprint density at radius 2 is 2.33 bits per heavy atom. The lowest BCUT2D eigenvalue weighted by atomic mass is 10.2. The highest BCUT2D eigenvalue weighted by Gasteiger charge is 2.10. The molecule has 0 amide bonds. The first kappa shape index (κ1) is 9.72. The van der Waals surface area contributed by atoms with E-state index in [-0.39, 0.29) is 6.04 Å². The fourth-order valence-corrected chi connectivity index (χ4v) is 1.45. The van der Waals surface area contributed by atoms with Gasteiger partial charge in [-0.15, -0.1) is 0 Å². The van der Waals surface area contributed by atoms with Gasteiger partial charge in [0.25, 0.3) is 0 Å². The minimum Gasteiger partial charge on any atom is -0.359 e. The predicted molar refractivity (Wildman–Crippen MR) is 60.8 cm³/mol. The van der Waals surface area contributed by atoms with Gasteiger partial charge in [0.05, 0.1) is 12.4 Å². The molecule has 1 aromatic heterocycles. The van der Waals surface area contributed by atoms with Crippen LogP contribution < -0.4 is 5.32 Å². The van der Waals surface area contributed by atoms with Crippen LogP contribution in [0.1, 0.15) is 18.2 Å². The van der Waals surface area contributed by atoms with Crippen LogP contribution in [0.2, 0.25) is 0 Å². The Bertz CT molecular complexity index is 451. The van der Waals surface area contributed by atoms with Crippen LogP contribution >= 0.6 is 0 Å². The predicted octanol–water partition coefficient (Wildman–Crippen LogP) is 1.13. The van der Waals surface area contributed by atoms with Gasteiger partial charge in [-0.1, -0.05) is 11.8 Å². The van der Waals surface area contributed by atoms with Gasteiger partial charge >= 0.3 is 0 Å². The number of hydrogen-bond acceptors (Lipinski definition) is 3. The van der Waals surface area contributed by atoms with Crippen LogP contribution in [-0.4, -0.2) is 23.4 Å². The molecule has 0 spiro atoms. The highest BCUT2D eigenvalue weighted by atomic mass is 15.1. The standard InChI is InChI=1S/C12H13N3/c1-9-7-11(5-6-13-9)3-4-12-8-14-10(2)15-12/h5-7,12H,8H2,1-2H3,(H,14,15). The highest BCUT2D eigenvalue weighted by Crippen LogP contribution is 1.99. The average Bonchev–Trinajstić information content (AvgIpc) is 2.62. The van der Waals surface area contributed by atoms with E-state index in [9.17, 15) is 0 Å². The summed E-state index contributed by atoms with van der Waals surface area (Å²) in [6.45, 7) is 4.67. The van der Waals surface area contributed by atoms with Crippen molar-refractivity contribution in [3.05, 3.63) is 29.6 Å². The Hall–Kier alpha value is -1.82. The van der Waals surface area contributed by atoms with Crippen LogP contribution in [0.15, 0.2) is 23.3 Å². The second-order valence-electron chi connectivity index (χ2n) is 3.58. The van der Waals surface area contributed by atoms with Gasteiger partial charge in [-0.05, 0) is 26.0 Å². The summed E-state index contributed by atoms with van der Waals surface area (Å²) in [6, 6.07) is 4.07. The molecule has 0 radical (unpaired) electrons. The molecule has 1 aliphatic rings. The Labute approximate surface area is 89.6 Å². The third-order valence-electron chi connectivity index (χ3n) is 2.18. The van der Waals surface area contributed by atoms with Gasteiger partial charge in [0.2, 0.25) is 0 Å². The fraction of sp³-hybridized carbons (Fsp3) is 0.333. The van der Waals surface area contributed by atoms with E-state index in [4.69, 9.17) is 0 Å². The van der Waals surface area contributed by atoms with Crippen molar-refractivity contribution < 1.29 is 0 Å². The summed E-state index contributed by atoms with van der Waals surface area (Å²) in [5.41, 5.74) is 2.00. The van der Waals surface area contributed by atoms with E-state index in [2.05, 4.69) is 27.1 Å². The van der Waals surface area contributed by atoms with Crippen LogP contribution in [0.5, 0.6) is 0 Å². The normalized spacial score (nSPS) is 18.8. The molecule has 0 aliphatic carbocycles. The quantitative estimate of drug-likeness (QED) is 0.636. The monoisotopic (exact) mass is 199 g/mol. The molecule has 15 heavy (non-hydrogen) atoms. The second-order valence-corrected chi connectivity index (χ2v) is 3.58. The molecule has 3 heteroatoms. The first-order valence-electron chi connectivity index (χ1n) is 4.96. The number of pyridine rings is 1. The maximum Gasteiger partial charge on any atom is 0.109 e. The Morgan fingerprint density at radius 1 is 1.47 bits per heavy atom. The molecule has 1 aliphatic heterocycles. The van der Waals surface area contributed by atoms with Crippen molar-refractivity contribution >= 4 is 5.84 Å². The minimum absolute atomic E-state index is 0.165. The van der Waals surface area contributed by atoms with Gasteiger partial charge in [0.1, 0.15) is 6.04 Å². The summed E-state index contributed by atoms with van der Waals surface area (Å²) in [5, 5.41) is 3.20. The zero-order valence-electron chi connectivity index (χ0n) is 8.91. The Kier molecular flexibility index (Phi) is 2.68. The number of nitrogens with zero attached hydrogens (tertiary/aromatic N) is 2. The summed E-state index contributed by atoms with van der Waals surface area (Å²) in [7, 11) is 0. The number of aryl methyl sites for hydroxylation is 1. The first-order valence-corrected chi connectivity index (χ1v) is 4.96. The largest absolute Gasteiger partial charge is 0.359 e. The van der Waals surface area contributed by atoms with E-state index in [1.165, 1.54) is 0 Å². The Morgan fingerprint density at radius 3 is 3.00 bits per heavy atom. The third-order valence-corrected chi connectivity index (χ3v) is 2.18. The lowest BCUT2D eigenvalue weighted by molar-refractivity contribution is 0.821. The summed E-state index contributed by atoms with van der Waals surface area (Å²) >= 11 is 0. The summed E-state index contributed by atoms with van der Waals surface area (Å²) < 4.78 is 0. The minimum atomic E-state index is 0.165. The smallest absolute Gasteiger partial charge is 0.109 e. The molecule has 0 bridgehead atoms. The molecule has 1 N–H and O–H groups in total. The highest BCUT2D eigenvalue weighted by molar-refractivity contribution is 5.82. The van der Waals surface area contributed by atoms with Gasteiger partial charge in [0.15, 0.2) is 0 Å². The molecule has 1 atom stereocenters. The number of hydrogen-bond donors (Lipinski definition) is 1. The summed E-state index contributed by atoms with van der Waals surface area (Å²) in [6.07, 6.45) is 1.78. The van der Waals surface area contributed by atoms with Gasteiger partial charge in [-0.2, -0.15) is 0 Å². The number of amidine groups is 1. The maximum absolute atomic E-state index is 4.24. The van der Waals surface area contributed by atoms with Crippen molar-refractivity contribution in [3.63, 3.8) is 0 Å². The summed E-state index contributed by atoms with van der Waals surface area (Å²) in [4.78, 5) is 8.36. The average molecular weight is 199 g/mol. The molecule has 76 valence electrons. The van der Waals surface area contributed by atoms with Crippen molar-refractivity contribution in [3.8, 4) is 11.8 Å². The molecule has 2 rings (SSSR count). The van der Waals surface area contributed by atoms with Crippen LogP contribution in [0.25, 0.3) is 0 Å². The lowest BCUT2D eigenvalue weighted by Crippen LogP contribution is -2.26. The number of aliphatic imine (C=N–C) groups is 1. The number of nitrogens with one attached hydrogen (secondary N) is 1. The molecule has 1 unspecified atom stereocenters. The van der Waals surface area contributed by atoms with E-state index in [0.717, 1.165) is 23.6 Å². The number of aromatic nitrogens is 1. The Balaban J connectivity index is 2.06. The van der Waals surface area contributed by atoms with Gasteiger partial charge in [0, 0.05) is 17.5 Å². The lowest BCUT2D eigenvalue weighted by Gasteiger charge is -2.00. The molecular weight excluding hydrogens is 186 g/mol. The molecule has 3 nitrogen and oxygen atoms in total. The molecular formula is C12H13N3. The molecule has 0 aromatic carbocycles. The van der Waals surface area contributed by atoms with Crippen molar-refractivity contribution in [2.75, 3.05) is 6.54 Å². The van der Waals surface area contributed by atoms with E-state index in [1.54, 1.807) is 6.20 Å². The fourth-order valence-electron chi connectivity index (χ4n) is 1.45.